The standard InChI is InChI=1S/C18H27NO3/c1-6-13(3)22-16-10-9-15(11-12(16)2)19-17(20)18(4,21-5)14-7-8-14/h9-11,13-14H,6-8H2,1-5H3,(H,19,20)/t13-,18-/m1/s1. The molecular weight excluding hydrogens is 278 g/mol. The fraction of sp³-hybridized carbons (Fsp3) is 0.611. The van der Waals surface area contributed by atoms with Crippen molar-refractivity contribution in [3.05, 3.63) is 23.8 Å². The van der Waals surface area contributed by atoms with E-state index < -0.39 is 5.60 Å². The molecule has 4 nitrogen and oxygen atoms in total. The highest BCUT2D eigenvalue weighted by atomic mass is 16.5. The second-order valence-corrected chi connectivity index (χ2v) is 6.36. The summed E-state index contributed by atoms with van der Waals surface area (Å²) < 4.78 is 11.3. The van der Waals surface area contributed by atoms with Gasteiger partial charge < -0.3 is 14.8 Å². The number of anilines is 1. The molecule has 1 N–H and O–H groups in total. The molecule has 2 rings (SSSR count). The zero-order valence-corrected chi connectivity index (χ0v) is 14.2. The third-order valence-corrected chi connectivity index (χ3v) is 4.57. The van der Waals surface area contributed by atoms with Crippen LogP contribution >= 0.6 is 0 Å². The lowest BCUT2D eigenvalue weighted by atomic mass is 9.99. The molecule has 0 spiro atoms. The van der Waals surface area contributed by atoms with Crippen molar-refractivity contribution in [3.8, 4) is 5.75 Å². The molecule has 0 saturated heterocycles. The number of hydrogen-bond donors (Lipinski definition) is 1. The van der Waals surface area contributed by atoms with Crippen LogP contribution in [0.15, 0.2) is 18.2 Å². The predicted molar refractivity (Wildman–Crippen MR) is 88.3 cm³/mol. The molecular formula is C18H27NO3. The van der Waals surface area contributed by atoms with Gasteiger partial charge in [-0.25, -0.2) is 0 Å². The van der Waals surface area contributed by atoms with E-state index in [2.05, 4.69) is 19.2 Å². The van der Waals surface area contributed by atoms with Crippen LogP contribution in [0.25, 0.3) is 0 Å². The van der Waals surface area contributed by atoms with Crippen molar-refractivity contribution in [2.24, 2.45) is 5.92 Å². The molecule has 1 aromatic carbocycles. The van der Waals surface area contributed by atoms with Gasteiger partial charge in [0.15, 0.2) is 0 Å². The van der Waals surface area contributed by atoms with Crippen molar-refractivity contribution in [1.82, 2.24) is 0 Å². The van der Waals surface area contributed by atoms with Crippen LogP contribution in [0.5, 0.6) is 5.75 Å². The van der Waals surface area contributed by atoms with Gasteiger partial charge in [-0.15, -0.1) is 0 Å². The fourth-order valence-corrected chi connectivity index (χ4v) is 2.49. The Morgan fingerprint density at radius 2 is 2.14 bits per heavy atom. The second kappa shape index (κ2) is 6.69. The van der Waals surface area contributed by atoms with Gasteiger partial charge in [0.1, 0.15) is 11.4 Å². The summed E-state index contributed by atoms with van der Waals surface area (Å²) in [6.07, 6.45) is 3.26. The largest absolute Gasteiger partial charge is 0.490 e. The third kappa shape index (κ3) is 3.61. The predicted octanol–water partition coefficient (Wildman–Crippen LogP) is 3.93. The Bertz CT molecular complexity index is 539. The number of benzene rings is 1. The first-order chi connectivity index (χ1) is 10.4. The maximum Gasteiger partial charge on any atom is 0.256 e. The number of ether oxygens (including phenoxy) is 2. The molecule has 0 unspecified atom stereocenters. The van der Waals surface area contributed by atoms with Crippen molar-refractivity contribution < 1.29 is 14.3 Å². The highest BCUT2D eigenvalue weighted by Crippen LogP contribution is 2.42. The smallest absolute Gasteiger partial charge is 0.256 e. The maximum absolute atomic E-state index is 12.5. The third-order valence-electron chi connectivity index (χ3n) is 4.57. The van der Waals surface area contributed by atoms with Crippen molar-refractivity contribution in [2.75, 3.05) is 12.4 Å². The van der Waals surface area contributed by atoms with Gasteiger partial charge in [-0.1, -0.05) is 6.92 Å². The van der Waals surface area contributed by atoms with Gasteiger partial charge in [0, 0.05) is 12.8 Å². The average molecular weight is 305 g/mol. The molecule has 122 valence electrons. The topological polar surface area (TPSA) is 47.6 Å². The minimum Gasteiger partial charge on any atom is -0.490 e. The summed E-state index contributed by atoms with van der Waals surface area (Å²) in [4.78, 5) is 12.5. The lowest BCUT2D eigenvalue weighted by Gasteiger charge is -2.27. The minimum absolute atomic E-state index is 0.0764. The highest BCUT2D eigenvalue weighted by molar-refractivity contribution is 5.97. The lowest BCUT2D eigenvalue weighted by molar-refractivity contribution is -0.138. The van der Waals surface area contributed by atoms with E-state index in [1.54, 1.807) is 7.11 Å². The first-order valence-electron chi connectivity index (χ1n) is 8.04. The molecule has 1 amide bonds. The number of nitrogens with one attached hydrogen (secondary N) is 1. The van der Waals surface area contributed by atoms with Crippen LogP contribution in [-0.2, 0) is 9.53 Å². The van der Waals surface area contributed by atoms with E-state index in [1.807, 2.05) is 32.0 Å². The normalized spacial score (nSPS) is 18.4. The van der Waals surface area contributed by atoms with Gasteiger partial charge in [-0.05, 0) is 69.7 Å². The molecule has 1 aliphatic rings. The SMILES string of the molecule is CC[C@@H](C)Oc1ccc(NC(=O)[C@](C)(OC)C2CC2)cc1C. The Kier molecular flexibility index (Phi) is 5.12. The van der Waals surface area contributed by atoms with Crippen LogP contribution in [0.4, 0.5) is 5.69 Å². The maximum atomic E-state index is 12.5. The second-order valence-electron chi connectivity index (χ2n) is 6.36. The number of amides is 1. The molecule has 0 aliphatic heterocycles. The lowest BCUT2D eigenvalue weighted by Crippen LogP contribution is -2.44. The van der Waals surface area contributed by atoms with E-state index in [4.69, 9.17) is 9.47 Å². The monoisotopic (exact) mass is 305 g/mol. The summed E-state index contributed by atoms with van der Waals surface area (Å²) in [5.41, 5.74) is 1.06. The van der Waals surface area contributed by atoms with Crippen LogP contribution in [-0.4, -0.2) is 24.7 Å². The number of rotatable bonds is 7. The first-order valence-corrected chi connectivity index (χ1v) is 8.04. The molecule has 22 heavy (non-hydrogen) atoms. The summed E-state index contributed by atoms with van der Waals surface area (Å²) in [7, 11) is 1.60. The van der Waals surface area contributed by atoms with E-state index >= 15 is 0 Å². The quantitative estimate of drug-likeness (QED) is 0.830. The van der Waals surface area contributed by atoms with Crippen LogP contribution in [0.1, 0.15) is 45.6 Å². The van der Waals surface area contributed by atoms with E-state index in [0.717, 1.165) is 36.3 Å². The number of carbonyl (C=O) groups is 1. The van der Waals surface area contributed by atoms with E-state index in [-0.39, 0.29) is 12.0 Å². The molecule has 1 saturated carbocycles. The number of methoxy groups -OCH3 is 1. The summed E-state index contributed by atoms with van der Waals surface area (Å²) in [6.45, 7) is 8.00. The summed E-state index contributed by atoms with van der Waals surface area (Å²) in [6, 6.07) is 5.74. The molecule has 4 heteroatoms. The van der Waals surface area contributed by atoms with Gasteiger partial charge in [0.2, 0.25) is 0 Å². The summed E-state index contributed by atoms with van der Waals surface area (Å²) >= 11 is 0. The Morgan fingerprint density at radius 3 is 2.64 bits per heavy atom. The summed E-state index contributed by atoms with van der Waals surface area (Å²) in [5, 5.41) is 2.97. The molecule has 0 bridgehead atoms. The Balaban J connectivity index is 2.07. The molecule has 1 aromatic rings. The van der Waals surface area contributed by atoms with Crippen LogP contribution in [0.3, 0.4) is 0 Å². The Morgan fingerprint density at radius 1 is 1.45 bits per heavy atom. The minimum atomic E-state index is -0.736. The van der Waals surface area contributed by atoms with Crippen molar-refractivity contribution in [3.63, 3.8) is 0 Å². The Labute approximate surface area is 133 Å². The van der Waals surface area contributed by atoms with Crippen LogP contribution < -0.4 is 10.1 Å². The first kappa shape index (κ1) is 16.8. The zero-order chi connectivity index (χ0) is 16.3. The fourth-order valence-electron chi connectivity index (χ4n) is 2.49. The molecule has 1 fully saturated rings. The molecule has 0 radical (unpaired) electrons. The average Bonchev–Trinajstić information content (AvgIpc) is 3.34. The van der Waals surface area contributed by atoms with Gasteiger partial charge in [-0.2, -0.15) is 0 Å². The van der Waals surface area contributed by atoms with Gasteiger partial charge in [-0.3, -0.25) is 4.79 Å². The number of aryl methyl sites for hydroxylation is 1. The van der Waals surface area contributed by atoms with Gasteiger partial charge in [0.05, 0.1) is 6.10 Å². The number of hydrogen-bond acceptors (Lipinski definition) is 3. The van der Waals surface area contributed by atoms with Crippen LogP contribution in [0, 0.1) is 12.8 Å². The van der Waals surface area contributed by atoms with Crippen molar-refractivity contribution in [1.29, 1.82) is 0 Å². The van der Waals surface area contributed by atoms with Crippen molar-refractivity contribution >= 4 is 11.6 Å². The molecule has 1 aliphatic carbocycles. The van der Waals surface area contributed by atoms with Gasteiger partial charge >= 0.3 is 0 Å². The molecule has 2 atom stereocenters. The van der Waals surface area contributed by atoms with Crippen LogP contribution in [0.2, 0.25) is 0 Å². The molecule has 0 heterocycles. The van der Waals surface area contributed by atoms with E-state index in [1.165, 1.54) is 0 Å². The Hall–Kier alpha value is -1.55. The van der Waals surface area contributed by atoms with E-state index in [9.17, 15) is 4.79 Å². The highest BCUT2D eigenvalue weighted by Gasteiger charge is 2.47. The summed E-state index contributed by atoms with van der Waals surface area (Å²) in [5.74, 6) is 1.11. The van der Waals surface area contributed by atoms with E-state index in [0.29, 0.717) is 5.92 Å². The van der Waals surface area contributed by atoms with Gasteiger partial charge in [0.25, 0.3) is 5.91 Å². The zero-order valence-electron chi connectivity index (χ0n) is 14.2. The van der Waals surface area contributed by atoms with Crippen molar-refractivity contribution in [2.45, 2.75) is 58.7 Å². The number of carbonyl (C=O) groups excluding carboxylic acids is 1. The molecule has 0 aromatic heterocycles.